The minimum Gasteiger partial charge on any atom is -0.497 e. The molecule has 5 nitrogen and oxygen atoms in total. The van der Waals surface area contributed by atoms with Crippen LogP contribution in [0.25, 0.3) is 0 Å². The van der Waals surface area contributed by atoms with Gasteiger partial charge in [0.25, 0.3) is 0 Å². The fourth-order valence-electron chi connectivity index (χ4n) is 2.57. The Morgan fingerprint density at radius 2 is 1.79 bits per heavy atom. The summed E-state index contributed by atoms with van der Waals surface area (Å²) in [6, 6.07) is 11.3. The Morgan fingerprint density at radius 3 is 2.36 bits per heavy atom. The number of anilines is 1. The number of benzene rings is 2. The van der Waals surface area contributed by atoms with E-state index < -0.39 is 23.6 Å². The summed E-state index contributed by atoms with van der Waals surface area (Å²) in [4.78, 5) is 25.9. The van der Waals surface area contributed by atoms with Crippen LogP contribution < -0.4 is 10.1 Å². The molecule has 0 bridgehead atoms. The minimum absolute atomic E-state index is 0.194. The fraction of sp³-hybridized carbons (Fsp3) is 0.300. The topological polar surface area (TPSA) is 58.6 Å². The van der Waals surface area contributed by atoms with Crippen molar-refractivity contribution in [3.05, 3.63) is 59.7 Å². The molecule has 0 heterocycles. The van der Waals surface area contributed by atoms with Gasteiger partial charge in [-0.3, -0.25) is 9.59 Å². The van der Waals surface area contributed by atoms with E-state index in [1.54, 1.807) is 31.2 Å². The van der Waals surface area contributed by atoms with Crippen molar-refractivity contribution in [2.24, 2.45) is 0 Å². The van der Waals surface area contributed by atoms with Gasteiger partial charge in [-0.2, -0.15) is 13.2 Å². The van der Waals surface area contributed by atoms with Gasteiger partial charge < -0.3 is 15.0 Å². The summed E-state index contributed by atoms with van der Waals surface area (Å²) in [5.74, 6) is -0.180. The monoisotopic (exact) mass is 394 g/mol. The molecule has 0 aromatic heterocycles. The highest BCUT2D eigenvalue weighted by Crippen LogP contribution is 2.29. The highest BCUT2D eigenvalue weighted by molar-refractivity contribution is 5.94. The molecule has 0 aliphatic heterocycles. The normalized spacial score (nSPS) is 11.0. The standard InChI is InChI=1S/C20H21F3N2O3/c1-3-25(13-18(26)24-16-7-9-17(28-2)10-8-16)19(27)12-14-5-4-6-15(11-14)20(21,22)23/h4-11H,3,12-13H2,1-2H3,(H,24,26). The average Bonchev–Trinajstić information content (AvgIpc) is 2.66. The Bertz CT molecular complexity index is 820. The summed E-state index contributed by atoms with van der Waals surface area (Å²) in [7, 11) is 1.53. The Balaban J connectivity index is 1.98. The van der Waals surface area contributed by atoms with Crippen LogP contribution in [0.1, 0.15) is 18.1 Å². The molecule has 28 heavy (non-hydrogen) atoms. The number of amides is 2. The molecule has 2 rings (SSSR count). The van der Waals surface area contributed by atoms with Crippen LogP contribution in [0.3, 0.4) is 0 Å². The number of hydrogen-bond acceptors (Lipinski definition) is 3. The lowest BCUT2D eigenvalue weighted by Crippen LogP contribution is -2.38. The molecule has 0 saturated heterocycles. The van der Waals surface area contributed by atoms with Crippen molar-refractivity contribution >= 4 is 17.5 Å². The number of nitrogens with zero attached hydrogens (tertiary/aromatic N) is 1. The van der Waals surface area contributed by atoms with Gasteiger partial charge in [-0.1, -0.05) is 18.2 Å². The number of halogens is 3. The number of likely N-dealkylation sites (N-methyl/N-ethyl adjacent to an activating group) is 1. The second-order valence-corrected chi connectivity index (χ2v) is 6.06. The SMILES string of the molecule is CCN(CC(=O)Nc1ccc(OC)cc1)C(=O)Cc1cccc(C(F)(F)F)c1. The summed E-state index contributed by atoms with van der Waals surface area (Å²) in [5, 5.41) is 2.67. The predicted molar refractivity (Wildman–Crippen MR) is 99.0 cm³/mol. The van der Waals surface area contributed by atoms with Gasteiger partial charge in [0.1, 0.15) is 5.75 Å². The van der Waals surface area contributed by atoms with Crippen LogP contribution in [-0.4, -0.2) is 36.9 Å². The molecule has 0 aliphatic carbocycles. The number of hydrogen-bond donors (Lipinski definition) is 1. The first kappa shape index (κ1) is 21.3. The van der Waals surface area contributed by atoms with Gasteiger partial charge in [0, 0.05) is 12.2 Å². The van der Waals surface area contributed by atoms with E-state index in [4.69, 9.17) is 4.74 Å². The highest BCUT2D eigenvalue weighted by Gasteiger charge is 2.30. The number of carbonyl (C=O) groups excluding carboxylic acids is 2. The van der Waals surface area contributed by atoms with Crippen LogP contribution in [0.5, 0.6) is 5.75 Å². The zero-order valence-corrected chi connectivity index (χ0v) is 15.5. The van der Waals surface area contributed by atoms with Crippen molar-refractivity contribution in [2.45, 2.75) is 19.5 Å². The summed E-state index contributed by atoms with van der Waals surface area (Å²) in [6.45, 7) is 1.76. The molecule has 1 N–H and O–H groups in total. The first-order valence-corrected chi connectivity index (χ1v) is 8.60. The summed E-state index contributed by atoms with van der Waals surface area (Å²) >= 11 is 0. The number of ether oxygens (including phenoxy) is 1. The third-order valence-corrected chi connectivity index (χ3v) is 4.05. The summed E-state index contributed by atoms with van der Waals surface area (Å²) in [5.41, 5.74) is -0.0147. The Labute approximate surface area is 161 Å². The first-order chi connectivity index (χ1) is 13.2. The maximum Gasteiger partial charge on any atom is 0.416 e. The molecule has 8 heteroatoms. The van der Waals surface area contributed by atoms with Gasteiger partial charge in [-0.05, 0) is 42.8 Å². The lowest BCUT2D eigenvalue weighted by molar-refractivity contribution is -0.138. The third kappa shape index (κ3) is 6.00. The zero-order chi connectivity index (χ0) is 20.7. The Kier molecular flexibility index (Phi) is 7.03. The van der Waals surface area contributed by atoms with E-state index >= 15 is 0 Å². The number of alkyl halides is 3. The molecule has 0 saturated carbocycles. The van der Waals surface area contributed by atoms with Crippen molar-refractivity contribution < 1.29 is 27.5 Å². The van der Waals surface area contributed by atoms with Crippen molar-refractivity contribution in [3.63, 3.8) is 0 Å². The van der Waals surface area contributed by atoms with Gasteiger partial charge in [0.05, 0.1) is 25.6 Å². The van der Waals surface area contributed by atoms with Crippen LogP contribution >= 0.6 is 0 Å². The van der Waals surface area contributed by atoms with Crippen molar-refractivity contribution in [2.75, 3.05) is 25.5 Å². The molecular weight excluding hydrogens is 373 g/mol. The maximum atomic E-state index is 12.8. The summed E-state index contributed by atoms with van der Waals surface area (Å²) < 4.78 is 43.4. The minimum atomic E-state index is -4.47. The molecule has 0 atom stereocenters. The molecule has 150 valence electrons. The molecule has 2 aromatic rings. The molecule has 0 spiro atoms. The molecule has 0 radical (unpaired) electrons. The van der Waals surface area contributed by atoms with Gasteiger partial charge in [-0.25, -0.2) is 0 Å². The molecule has 2 aromatic carbocycles. The second kappa shape index (κ2) is 9.25. The van der Waals surface area contributed by atoms with E-state index in [1.807, 2.05) is 0 Å². The van der Waals surface area contributed by atoms with E-state index in [0.29, 0.717) is 11.4 Å². The quantitative estimate of drug-likeness (QED) is 0.778. The Hall–Kier alpha value is -3.03. The van der Waals surface area contributed by atoms with E-state index in [0.717, 1.165) is 12.1 Å². The van der Waals surface area contributed by atoms with Gasteiger partial charge >= 0.3 is 6.18 Å². The van der Waals surface area contributed by atoms with E-state index in [9.17, 15) is 22.8 Å². The van der Waals surface area contributed by atoms with Gasteiger partial charge in [0.15, 0.2) is 0 Å². The molecule has 0 aliphatic rings. The van der Waals surface area contributed by atoms with Crippen molar-refractivity contribution in [1.82, 2.24) is 4.90 Å². The maximum absolute atomic E-state index is 12.8. The zero-order valence-electron chi connectivity index (χ0n) is 15.5. The first-order valence-electron chi connectivity index (χ1n) is 8.60. The van der Waals surface area contributed by atoms with Crippen LogP contribution in [0.2, 0.25) is 0 Å². The fourth-order valence-corrected chi connectivity index (χ4v) is 2.57. The lowest BCUT2D eigenvalue weighted by atomic mass is 10.1. The number of rotatable bonds is 7. The predicted octanol–water partition coefficient (Wildman–Crippen LogP) is 3.74. The number of methoxy groups -OCH3 is 1. The van der Waals surface area contributed by atoms with Crippen LogP contribution in [-0.2, 0) is 22.2 Å². The van der Waals surface area contributed by atoms with Gasteiger partial charge in [0.2, 0.25) is 11.8 Å². The van der Waals surface area contributed by atoms with Crippen LogP contribution in [0.4, 0.5) is 18.9 Å². The van der Waals surface area contributed by atoms with E-state index in [-0.39, 0.29) is 25.1 Å². The van der Waals surface area contributed by atoms with Gasteiger partial charge in [-0.15, -0.1) is 0 Å². The summed E-state index contributed by atoms with van der Waals surface area (Å²) in [6.07, 6.45) is -4.69. The van der Waals surface area contributed by atoms with Crippen LogP contribution in [0, 0.1) is 0 Å². The third-order valence-electron chi connectivity index (χ3n) is 4.05. The number of carbonyl (C=O) groups is 2. The lowest BCUT2D eigenvalue weighted by Gasteiger charge is -2.20. The molecule has 0 fully saturated rings. The Morgan fingerprint density at radius 1 is 1.11 bits per heavy atom. The van der Waals surface area contributed by atoms with Crippen molar-refractivity contribution in [3.8, 4) is 5.75 Å². The molecule has 2 amide bonds. The van der Waals surface area contributed by atoms with Crippen molar-refractivity contribution in [1.29, 1.82) is 0 Å². The number of nitrogens with one attached hydrogen (secondary N) is 1. The molecule has 0 unspecified atom stereocenters. The largest absolute Gasteiger partial charge is 0.497 e. The van der Waals surface area contributed by atoms with Crippen LogP contribution in [0.15, 0.2) is 48.5 Å². The van der Waals surface area contributed by atoms with E-state index in [1.165, 1.54) is 24.1 Å². The molecular formula is C20H21F3N2O3. The van der Waals surface area contributed by atoms with E-state index in [2.05, 4.69) is 5.32 Å². The second-order valence-electron chi connectivity index (χ2n) is 6.06. The highest BCUT2D eigenvalue weighted by atomic mass is 19.4. The smallest absolute Gasteiger partial charge is 0.416 e. The average molecular weight is 394 g/mol.